The molecule has 0 aromatic heterocycles. The molecule has 6 nitrogen and oxygen atoms in total. The van der Waals surface area contributed by atoms with Crippen LogP contribution in [0.5, 0.6) is 0 Å². The highest BCUT2D eigenvalue weighted by molar-refractivity contribution is 7.91. The van der Waals surface area contributed by atoms with Crippen molar-refractivity contribution < 1.29 is 17.9 Å². The van der Waals surface area contributed by atoms with E-state index in [9.17, 15) is 13.2 Å². The molecule has 1 amide bonds. The summed E-state index contributed by atoms with van der Waals surface area (Å²) in [5, 5.41) is 2.64. The number of rotatable bonds is 7. The number of hydrogen-bond acceptors (Lipinski definition) is 5. The zero-order valence-corrected chi connectivity index (χ0v) is 13.5. The number of carbonyl (C=O) groups excluding carboxylic acids is 1. The standard InChI is InChI=1S/C13H26N2O4S/c1-5-19-10-9-13(14,12(10,3)4)11(16)15-7-8-20(17,18)6-2/h10H,5-9,14H2,1-4H3,(H,15,16). The Balaban J connectivity index is 2.56. The highest BCUT2D eigenvalue weighted by atomic mass is 32.2. The van der Waals surface area contributed by atoms with Gasteiger partial charge in [0.25, 0.3) is 0 Å². The minimum absolute atomic E-state index is 0.0392. The summed E-state index contributed by atoms with van der Waals surface area (Å²) in [6.07, 6.45) is 0.419. The second kappa shape index (κ2) is 5.99. The van der Waals surface area contributed by atoms with Gasteiger partial charge in [0, 0.05) is 30.7 Å². The molecule has 0 aliphatic heterocycles. The third-order valence-electron chi connectivity index (χ3n) is 4.37. The van der Waals surface area contributed by atoms with E-state index in [2.05, 4.69) is 5.32 Å². The van der Waals surface area contributed by atoms with Gasteiger partial charge in [0.2, 0.25) is 5.91 Å². The molecule has 2 atom stereocenters. The Morgan fingerprint density at radius 1 is 1.40 bits per heavy atom. The van der Waals surface area contributed by atoms with Crippen LogP contribution in [0, 0.1) is 5.41 Å². The van der Waals surface area contributed by atoms with Gasteiger partial charge in [-0.2, -0.15) is 0 Å². The summed E-state index contributed by atoms with van der Waals surface area (Å²) in [6.45, 7) is 7.98. The fourth-order valence-corrected chi connectivity index (χ4v) is 3.14. The normalized spacial score (nSPS) is 28.8. The second-order valence-corrected chi connectivity index (χ2v) is 8.31. The molecule has 20 heavy (non-hydrogen) atoms. The summed E-state index contributed by atoms with van der Waals surface area (Å²) < 4.78 is 28.3. The molecule has 0 bridgehead atoms. The zero-order chi connectivity index (χ0) is 15.6. The predicted octanol–water partition coefficient (Wildman–Crippen LogP) is 0.0698. The Morgan fingerprint density at radius 3 is 2.45 bits per heavy atom. The van der Waals surface area contributed by atoms with E-state index in [1.165, 1.54) is 0 Å². The Hall–Kier alpha value is -0.660. The second-order valence-electron chi connectivity index (χ2n) is 5.83. The first-order valence-corrected chi connectivity index (χ1v) is 8.82. The summed E-state index contributed by atoms with van der Waals surface area (Å²) in [6, 6.07) is 0. The summed E-state index contributed by atoms with van der Waals surface area (Å²) in [5.41, 5.74) is 4.73. The van der Waals surface area contributed by atoms with Gasteiger partial charge >= 0.3 is 0 Å². The molecular formula is C13H26N2O4S. The number of ether oxygens (including phenoxy) is 1. The van der Waals surface area contributed by atoms with Gasteiger partial charge in [-0.25, -0.2) is 8.42 Å². The van der Waals surface area contributed by atoms with Crippen LogP contribution in [0.15, 0.2) is 0 Å². The van der Waals surface area contributed by atoms with E-state index in [1.807, 2.05) is 20.8 Å². The summed E-state index contributed by atoms with van der Waals surface area (Å²) in [7, 11) is -3.08. The summed E-state index contributed by atoms with van der Waals surface area (Å²) in [5.74, 6) is -0.278. The van der Waals surface area contributed by atoms with Gasteiger partial charge in [-0.1, -0.05) is 20.8 Å². The molecule has 118 valence electrons. The highest BCUT2D eigenvalue weighted by Gasteiger charge is 2.62. The van der Waals surface area contributed by atoms with Crippen LogP contribution in [-0.4, -0.2) is 50.6 Å². The van der Waals surface area contributed by atoms with E-state index in [-0.39, 0.29) is 30.1 Å². The number of nitrogens with one attached hydrogen (secondary N) is 1. The molecule has 0 aromatic carbocycles. The Kier molecular flexibility index (Phi) is 5.21. The molecule has 2 unspecified atom stereocenters. The van der Waals surface area contributed by atoms with Crippen molar-refractivity contribution in [2.75, 3.05) is 24.7 Å². The third-order valence-corrected chi connectivity index (χ3v) is 6.08. The topological polar surface area (TPSA) is 98.5 Å². The number of hydrogen-bond donors (Lipinski definition) is 2. The first-order chi connectivity index (χ1) is 9.10. The molecule has 1 aliphatic rings. The molecule has 1 saturated carbocycles. The monoisotopic (exact) mass is 306 g/mol. The van der Waals surface area contributed by atoms with Crippen molar-refractivity contribution in [3.63, 3.8) is 0 Å². The van der Waals surface area contributed by atoms with Crippen molar-refractivity contribution in [3.8, 4) is 0 Å². The minimum Gasteiger partial charge on any atom is -0.378 e. The van der Waals surface area contributed by atoms with Crippen LogP contribution in [-0.2, 0) is 19.4 Å². The van der Waals surface area contributed by atoms with Crippen molar-refractivity contribution in [2.45, 2.75) is 45.8 Å². The van der Waals surface area contributed by atoms with Gasteiger partial charge in [0.05, 0.1) is 11.9 Å². The number of nitrogens with two attached hydrogens (primary N) is 1. The van der Waals surface area contributed by atoms with Gasteiger partial charge < -0.3 is 15.8 Å². The van der Waals surface area contributed by atoms with Crippen molar-refractivity contribution >= 4 is 15.7 Å². The minimum atomic E-state index is -3.08. The first-order valence-electron chi connectivity index (χ1n) is 7.00. The smallest absolute Gasteiger partial charge is 0.240 e. The van der Waals surface area contributed by atoms with Crippen LogP contribution in [0.25, 0.3) is 0 Å². The van der Waals surface area contributed by atoms with Gasteiger partial charge in [0.1, 0.15) is 5.54 Å². The van der Waals surface area contributed by atoms with Crippen LogP contribution in [0.4, 0.5) is 0 Å². The quantitative estimate of drug-likeness (QED) is 0.693. The van der Waals surface area contributed by atoms with Crippen molar-refractivity contribution in [1.82, 2.24) is 5.32 Å². The Labute approximate surface area is 121 Å². The lowest BCUT2D eigenvalue weighted by atomic mass is 9.54. The van der Waals surface area contributed by atoms with Crippen molar-refractivity contribution in [3.05, 3.63) is 0 Å². The lowest BCUT2D eigenvalue weighted by Crippen LogP contribution is -2.75. The molecule has 0 aromatic rings. The van der Waals surface area contributed by atoms with Gasteiger partial charge in [0.15, 0.2) is 9.84 Å². The van der Waals surface area contributed by atoms with Crippen molar-refractivity contribution in [1.29, 1.82) is 0 Å². The SMILES string of the molecule is CCOC1CC(N)(C(=O)NCCS(=O)(=O)CC)C1(C)C. The Bertz CT molecular complexity index is 461. The molecule has 0 radical (unpaired) electrons. The predicted molar refractivity (Wildman–Crippen MR) is 78.1 cm³/mol. The molecule has 0 saturated heterocycles. The molecular weight excluding hydrogens is 280 g/mol. The van der Waals surface area contributed by atoms with E-state index in [0.29, 0.717) is 13.0 Å². The summed E-state index contributed by atoms with van der Waals surface area (Å²) >= 11 is 0. The van der Waals surface area contributed by atoms with E-state index < -0.39 is 20.8 Å². The van der Waals surface area contributed by atoms with E-state index in [0.717, 1.165) is 0 Å². The Morgan fingerprint density at radius 2 is 2.00 bits per heavy atom. The largest absolute Gasteiger partial charge is 0.378 e. The zero-order valence-electron chi connectivity index (χ0n) is 12.7. The summed E-state index contributed by atoms with van der Waals surface area (Å²) in [4.78, 5) is 12.2. The highest BCUT2D eigenvalue weighted by Crippen LogP contribution is 2.49. The van der Waals surface area contributed by atoms with Gasteiger partial charge in [-0.15, -0.1) is 0 Å². The van der Waals surface area contributed by atoms with E-state index >= 15 is 0 Å². The van der Waals surface area contributed by atoms with E-state index in [1.54, 1.807) is 6.92 Å². The third kappa shape index (κ3) is 3.15. The molecule has 1 fully saturated rings. The van der Waals surface area contributed by atoms with Crippen LogP contribution in [0.2, 0.25) is 0 Å². The maximum absolute atomic E-state index is 12.2. The number of carbonyl (C=O) groups is 1. The van der Waals surface area contributed by atoms with Crippen LogP contribution in [0.1, 0.15) is 34.1 Å². The van der Waals surface area contributed by atoms with E-state index in [4.69, 9.17) is 10.5 Å². The molecule has 1 rings (SSSR count). The maximum Gasteiger partial charge on any atom is 0.240 e. The molecule has 0 spiro atoms. The van der Waals surface area contributed by atoms with Crippen LogP contribution >= 0.6 is 0 Å². The molecule has 3 N–H and O–H groups in total. The molecule has 7 heteroatoms. The number of amides is 1. The lowest BCUT2D eigenvalue weighted by molar-refractivity contribution is -0.170. The van der Waals surface area contributed by atoms with Crippen LogP contribution < -0.4 is 11.1 Å². The average molecular weight is 306 g/mol. The number of sulfone groups is 1. The maximum atomic E-state index is 12.2. The van der Waals surface area contributed by atoms with Gasteiger partial charge in [-0.3, -0.25) is 4.79 Å². The fraction of sp³-hybridized carbons (Fsp3) is 0.923. The average Bonchev–Trinajstić information content (AvgIpc) is 2.37. The van der Waals surface area contributed by atoms with Crippen LogP contribution in [0.3, 0.4) is 0 Å². The van der Waals surface area contributed by atoms with Crippen molar-refractivity contribution in [2.24, 2.45) is 11.1 Å². The van der Waals surface area contributed by atoms with Gasteiger partial charge in [-0.05, 0) is 6.92 Å². The lowest BCUT2D eigenvalue weighted by Gasteiger charge is -2.57. The first kappa shape index (κ1) is 17.4. The fourth-order valence-electron chi connectivity index (χ4n) is 2.44. The molecule has 0 heterocycles. The molecule has 1 aliphatic carbocycles.